The summed E-state index contributed by atoms with van der Waals surface area (Å²) in [7, 11) is 0. The maximum absolute atomic E-state index is 13.1. The van der Waals surface area contributed by atoms with Crippen LogP contribution in [0.4, 0.5) is 11.4 Å². The third-order valence-corrected chi connectivity index (χ3v) is 6.09. The van der Waals surface area contributed by atoms with Gasteiger partial charge in [0.15, 0.2) is 0 Å². The van der Waals surface area contributed by atoms with Gasteiger partial charge in [0.05, 0.1) is 10.6 Å². The van der Waals surface area contributed by atoms with E-state index in [-0.39, 0.29) is 17.8 Å². The number of halogens is 2. The molecule has 1 saturated heterocycles. The Morgan fingerprint density at radius 2 is 1.68 bits per heavy atom. The summed E-state index contributed by atoms with van der Waals surface area (Å²) in [5.74, 6) is -0.826. The molecule has 2 aromatic rings. The van der Waals surface area contributed by atoms with Crippen LogP contribution in [0.3, 0.4) is 0 Å². The van der Waals surface area contributed by atoms with Crippen molar-refractivity contribution in [2.75, 3.05) is 29.9 Å². The Bertz CT molecular complexity index is 1060. The van der Waals surface area contributed by atoms with Gasteiger partial charge in [-0.15, -0.1) is 6.58 Å². The van der Waals surface area contributed by atoms with Crippen LogP contribution in [0.15, 0.2) is 60.8 Å². The molecule has 0 spiro atoms. The van der Waals surface area contributed by atoms with Crippen LogP contribution >= 0.6 is 23.2 Å². The highest BCUT2D eigenvalue weighted by molar-refractivity contribution is 6.41. The normalized spacial score (nSPS) is 16.8. The molecule has 2 heterocycles. The first kappa shape index (κ1) is 21.5. The average Bonchev–Trinajstić information content (AvgIpc) is 3.00. The Labute approximate surface area is 191 Å². The molecule has 7 heteroatoms. The molecule has 0 bridgehead atoms. The summed E-state index contributed by atoms with van der Waals surface area (Å²) < 4.78 is 0. The average molecular weight is 456 g/mol. The predicted molar refractivity (Wildman–Crippen MR) is 126 cm³/mol. The molecule has 4 rings (SSSR count). The lowest BCUT2D eigenvalue weighted by atomic mass is 10.0. The number of benzene rings is 2. The Balaban J connectivity index is 1.68. The van der Waals surface area contributed by atoms with Gasteiger partial charge in [0.1, 0.15) is 5.70 Å². The molecule has 0 aliphatic carbocycles. The van der Waals surface area contributed by atoms with E-state index < -0.39 is 11.8 Å². The maximum atomic E-state index is 13.1. The predicted octanol–water partition coefficient (Wildman–Crippen LogP) is 5.36. The molecule has 2 aliphatic rings. The van der Waals surface area contributed by atoms with Crippen molar-refractivity contribution in [3.63, 3.8) is 0 Å². The number of amides is 2. The second-order valence-electron chi connectivity index (χ2n) is 7.60. The second kappa shape index (κ2) is 9.16. The number of nitrogens with one attached hydrogen (secondary N) is 1. The van der Waals surface area contributed by atoms with Crippen LogP contribution in [0.5, 0.6) is 0 Å². The number of rotatable bonds is 6. The Kier molecular flexibility index (Phi) is 6.35. The van der Waals surface area contributed by atoms with Gasteiger partial charge in [-0.2, -0.15) is 0 Å². The van der Waals surface area contributed by atoms with Gasteiger partial charge in [-0.05, 0) is 55.7 Å². The SMILES string of the molecule is C=CCN1C(=O)C(Nc2ccc(N3CCCCC3)cc2)=C(c2ccc(Cl)cc2Cl)C1=O. The molecule has 0 saturated carbocycles. The molecule has 31 heavy (non-hydrogen) atoms. The number of hydrogen-bond acceptors (Lipinski definition) is 4. The molecule has 0 unspecified atom stereocenters. The topological polar surface area (TPSA) is 52.7 Å². The van der Waals surface area contributed by atoms with E-state index in [0.717, 1.165) is 29.4 Å². The molecule has 0 radical (unpaired) electrons. The molecule has 2 aliphatic heterocycles. The minimum atomic E-state index is -0.415. The molecule has 2 amide bonds. The van der Waals surface area contributed by atoms with E-state index in [0.29, 0.717) is 15.6 Å². The molecule has 5 nitrogen and oxygen atoms in total. The summed E-state index contributed by atoms with van der Waals surface area (Å²) in [5.41, 5.74) is 2.76. The third-order valence-electron chi connectivity index (χ3n) is 5.54. The molecule has 1 N–H and O–H groups in total. The van der Waals surface area contributed by atoms with Crippen molar-refractivity contribution in [2.24, 2.45) is 0 Å². The zero-order chi connectivity index (χ0) is 22.0. The molecular weight excluding hydrogens is 433 g/mol. The fourth-order valence-electron chi connectivity index (χ4n) is 3.98. The van der Waals surface area contributed by atoms with Gasteiger partial charge in [-0.25, -0.2) is 0 Å². The van der Waals surface area contributed by atoms with Crippen molar-refractivity contribution in [3.05, 3.63) is 76.4 Å². The first-order chi connectivity index (χ1) is 15.0. The summed E-state index contributed by atoms with van der Waals surface area (Å²) in [6, 6.07) is 12.8. The Morgan fingerprint density at radius 3 is 2.32 bits per heavy atom. The standard InChI is InChI=1S/C24H23Cl2N3O2/c1-2-12-29-23(30)21(19-11-6-16(25)15-20(19)26)22(24(29)31)27-17-7-9-18(10-8-17)28-13-4-3-5-14-28/h2,6-11,15,27H,1,3-5,12-14H2. The minimum absolute atomic E-state index is 0.117. The molecule has 160 valence electrons. The molecule has 2 aromatic carbocycles. The summed E-state index contributed by atoms with van der Waals surface area (Å²) >= 11 is 12.4. The molecular formula is C24H23Cl2N3O2. The maximum Gasteiger partial charge on any atom is 0.278 e. The Hall–Kier alpha value is -2.76. The van der Waals surface area contributed by atoms with Gasteiger partial charge in [-0.1, -0.05) is 35.3 Å². The van der Waals surface area contributed by atoms with Crippen molar-refractivity contribution in [1.29, 1.82) is 0 Å². The van der Waals surface area contributed by atoms with Crippen molar-refractivity contribution >= 4 is 52.0 Å². The van der Waals surface area contributed by atoms with E-state index >= 15 is 0 Å². The first-order valence-corrected chi connectivity index (χ1v) is 11.0. The monoisotopic (exact) mass is 455 g/mol. The van der Waals surface area contributed by atoms with Crippen LogP contribution in [0, 0.1) is 0 Å². The molecule has 0 aromatic heterocycles. The van der Waals surface area contributed by atoms with Gasteiger partial charge in [0.2, 0.25) is 0 Å². The van der Waals surface area contributed by atoms with Crippen LogP contribution in [-0.4, -0.2) is 36.3 Å². The largest absolute Gasteiger partial charge is 0.372 e. The number of hydrogen-bond donors (Lipinski definition) is 1. The van der Waals surface area contributed by atoms with Gasteiger partial charge < -0.3 is 10.2 Å². The van der Waals surface area contributed by atoms with E-state index in [1.807, 2.05) is 24.3 Å². The number of carbonyl (C=O) groups is 2. The van der Waals surface area contributed by atoms with Crippen molar-refractivity contribution in [1.82, 2.24) is 4.90 Å². The summed E-state index contributed by atoms with van der Waals surface area (Å²) in [4.78, 5) is 29.6. The number of anilines is 2. The van der Waals surface area contributed by atoms with Crippen LogP contribution in [0.25, 0.3) is 5.57 Å². The highest BCUT2D eigenvalue weighted by Crippen LogP contribution is 2.35. The van der Waals surface area contributed by atoms with Crippen molar-refractivity contribution in [3.8, 4) is 0 Å². The van der Waals surface area contributed by atoms with Crippen LogP contribution in [0.1, 0.15) is 24.8 Å². The van der Waals surface area contributed by atoms with Crippen LogP contribution in [0.2, 0.25) is 10.0 Å². The van der Waals surface area contributed by atoms with Gasteiger partial charge in [0, 0.05) is 41.6 Å². The lowest BCUT2D eigenvalue weighted by Crippen LogP contribution is -2.32. The molecule has 1 fully saturated rings. The summed E-state index contributed by atoms with van der Waals surface area (Å²) in [6.45, 7) is 5.88. The van der Waals surface area contributed by atoms with Crippen LogP contribution < -0.4 is 10.2 Å². The van der Waals surface area contributed by atoms with Gasteiger partial charge in [0.25, 0.3) is 11.8 Å². The van der Waals surface area contributed by atoms with E-state index in [9.17, 15) is 9.59 Å². The second-order valence-corrected chi connectivity index (χ2v) is 8.45. The fraction of sp³-hybridized carbons (Fsp3) is 0.250. The number of imide groups is 1. The quantitative estimate of drug-likeness (QED) is 0.470. The molecule has 0 atom stereocenters. The lowest BCUT2D eigenvalue weighted by molar-refractivity contribution is -0.136. The van der Waals surface area contributed by atoms with Gasteiger partial charge in [-0.3, -0.25) is 14.5 Å². The van der Waals surface area contributed by atoms with Gasteiger partial charge >= 0.3 is 0 Å². The highest BCUT2D eigenvalue weighted by Gasteiger charge is 2.39. The zero-order valence-corrected chi connectivity index (χ0v) is 18.5. The van der Waals surface area contributed by atoms with E-state index in [2.05, 4.69) is 16.8 Å². The first-order valence-electron chi connectivity index (χ1n) is 10.3. The Morgan fingerprint density at radius 1 is 0.968 bits per heavy atom. The minimum Gasteiger partial charge on any atom is -0.372 e. The lowest BCUT2D eigenvalue weighted by Gasteiger charge is -2.28. The smallest absolute Gasteiger partial charge is 0.278 e. The van der Waals surface area contributed by atoms with Crippen molar-refractivity contribution < 1.29 is 9.59 Å². The number of nitrogens with zero attached hydrogens (tertiary/aromatic N) is 2. The summed E-state index contributed by atoms with van der Waals surface area (Å²) in [6.07, 6.45) is 5.20. The number of carbonyl (C=O) groups excluding carboxylic acids is 2. The van der Waals surface area contributed by atoms with Crippen LogP contribution in [-0.2, 0) is 9.59 Å². The van der Waals surface area contributed by atoms with E-state index in [1.165, 1.54) is 25.3 Å². The zero-order valence-electron chi connectivity index (χ0n) is 17.0. The highest BCUT2D eigenvalue weighted by atomic mass is 35.5. The summed E-state index contributed by atoms with van der Waals surface area (Å²) in [5, 5.41) is 3.92. The fourth-order valence-corrected chi connectivity index (χ4v) is 4.48. The number of piperidine rings is 1. The van der Waals surface area contributed by atoms with Crippen molar-refractivity contribution in [2.45, 2.75) is 19.3 Å². The van der Waals surface area contributed by atoms with E-state index in [4.69, 9.17) is 23.2 Å². The van der Waals surface area contributed by atoms with E-state index in [1.54, 1.807) is 18.2 Å². The third kappa shape index (κ3) is 4.34.